The molecule has 1 aliphatic heterocycles. The molecule has 2 aromatic heterocycles. The van der Waals surface area contributed by atoms with Crippen molar-refractivity contribution in [3.05, 3.63) is 63.8 Å². The summed E-state index contributed by atoms with van der Waals surface area (Å²) in [4.78, 5) is 30.8. The zero-order valence-corrected chi connectivity index (χ0v) is 18.2. The number of carbonyl (C=O) groups excluding carboxylic acids is 2. The Hall–Kier alpha value is -2.49. The third-order valence-electron chi connectivity index (χ3n) is 4.82. The van der Waals surface area contributed by atoms with E-state index in [4.69, 9.17) is 11.6 Å². The van der Waals surface area contributed by atoms with E-state index in [0.717, 1.165) is 11.4 Å². The molecule has 1 aliphatic rings. The second-order valence-electron chi connectivity index (χ2n) is 6.95. The largest absolute Gasteiger partial charge is 0.311 e. The average Bonchev–Trinajstić information content (AvgIpc) is 3.35. The van der Waals surface area contributed by atoms with Crippen LogP contribution in [0.5, 0.6) is 0 Å². The molecule has 0 N–H and O–H groups in total. The molecule has 0 spiro atoms. The van der Waals surface area contributed by atoms with Crippen molar-refractivity contribution in [1.29, 1.82) is 0 Å². The molecule has 3 aromatic rings. The van der Waals surface area contributed by atoms with Crippen LogP contribution in [0.4, 0.5) is 5.69 Å². The van der Waals surface area contributed by atoms with Gasteiger partial charge in [-0.15, -0.1) is 11.3 Å². The molecule has 0 saturated carbocycles. The van der Waals surface area contributed by atoms with Gasteiger partial charge in [0.15, 0.2) is 15.6 Å². The molecule has 0 aliphatic carbocycles. The Morgan fingerprint density at radius 2 is 1.87 bits per heavy atom. The number of anilines is 1. The van der Waals surface area contributed by atoms with Crippen LogP contribution in [0.15, 0.2) is 48.9 Å². The van der Waals surface area contributed by atoms with E-state index in [0.29, 0.717) is 27.7 Å². The molecule has 0 atom stereocenters. The summed E-state index contributed by atoms with van der Waals surface area (Å²) in [6.07, 6.45) is 4.42. The summed E-state index contributed by atoms with van der Waals surface area (Å²) in [7, 11) is -3.28. The summed E-state index contributed by atoms with van der Waals surface area (Å²) in [6.45, 7) is 0.166. The number of carbonyl (C=O) groups is 2. The van der Waals surface area contributed by atoms with Gasteiger partial charge in [0.1, 0.15) is 5.75 Å². The second kappa shape index (κ2) is 8.33. The third-order valence-corrected chi connectivity index (χ3v) is 7.59. The number of hydrogen-bond acceptors (Lipinski definition) is 6. The smallest absolute Gasteiger partial charge is 0.242 e. The number of halogens is 1. The first kappa shape index (κ1) is 20.8. The Morgan fingerprint density at radius 3 is 2.53 bits per heavy atom. The Labute approximate surface area is 182 Å². The molecule has 30 heavy (non-hydrogen) atoms. The van der Waals surface area contributed by atoms with Gasteiger partial charge in [-0.05, 0) is 42.8 Å². The molecule has 0 bridgehead atoms. The van der Waals surface area contributed by atoms with Gasteiger partial charge < -0.3 is 9.47 Å². The fourth-order valence-electron chi connectivity index (χ4n) is 3.23. The molecule has 1 saturated heterocycles. The zero-order chi connectivity index (χ0) is 21.3. The van der Waals surface area contributed by atoms with Crippen molar-refractivity contribution in [2.45, 2.75) is 12.8 Å². The summed E-state index contributed by atoms with van der Waals surface area (Å²) in [5, 5.41) is 0. The number of benzene rings is 1. The molecule has 10 heteroatoms. The number of nitrogens with zero attached hydrogens (tertiary/aromatic N) is 3. The van der Waals surface area contributed by atoms with E-state index >= 15 is 0 Å². The van der Waals surface area contributed by atoms with E-state index in [1.165, 1.54) is 16.2 Å². The molecule has 0 unspecified atom stereocenters. The fourth-order valence-corrected chi connectivity index (χ4v) is 5.38. The average molecular weight is 464 g/mol. The van der Waals surface area contributed by atoms with E-state index in [-0.39, 0.29) is 18.1 Å². The first-order valence-electron chi connectivity index (χ1n) is 9.23. The number of sulfone groups is 1. The van der Waals surface area contributed by atoms with Crippen molar-refractivity contribution in [2.24, 2.45) is 0 Å². The quantitative estimate of drug-likeness (QED) is 0.524. The minimum absolute atomic E-state index is 0.0260. The summed E-state index contributed by atoms with van der Waals surface area (Å²) < 4.78 is 25.6. The maximum Gasteiger partial charge on any atom is 0.242 e. The van der Waals surface area contributed by atoms with Crippen molar-refractivity contribution in [3.63, 3.8) is 0 Å². The standard InChI is InChI=1S/C20H18ClN3O4S2/c21-19-8-7-18(29-19)17(25)6-1-14-11-23(13-22-14)15-2-4-16(5-3-15)24-9-10-30(27,28)12-20(24)26/h2-5,7-8,11,13H,1,6,9-10,12H2. The van der Waals surface area contributed by atoms with E-state index in [1.54, 1.807) is 30.6 Å². The van der Waals surface area contributed by atoms with Gasteiger partial charge in [0, 0.05) is 30.5 Å². The number of aromatic nitrogens is 2. The Morgan fingerprint density at radius 1 is 1.13 bits per heavy atom. The Bertz CT molecular complexity index is 1200. The maximum absolute atomic E-state index is 12.2. The first-order valence-corrected chi connectivity index (χ1v) is 12.2. The first-order chi connectivity index (χ1) is 14.3. The van der Waals surface area contributed by atoms with Crippen molar-refractivity contribution in [3.8, 4) is 5.69 Å². The van der Waals surface area contributed by atoms with E-state index in [9.17, 15) is 18.0 Å². The third kappa shape index (κ3) is 4.63. The minimum Gasteiger partial charge on any atom is -0.311 e. The molecule has 7 nitrogen and oxygen atoms in total. The lowest BCUT2D eigenvalue weighted by Gasteiger charge is -2.26. The molecule has 1 fully saturated rings. The highest BCUT2D eigenvalue weighted by Gasteiger charge is 2.29. The van der Waals surface area contributed by atoms with Gasteiger partial charge in [-0.25, -0.2) is 13.4 Å². The number of ketones is 1. The van der Waals surface area contributed by atoms with Gasteiger partial charge in [-0.2, -0.15) is 0 Å². The monoisotopic (exact) mass is 463 g/mol. The summed E-state index contributed by atoms with van der Waals surface area (Å²) in [5.41, 5.74) is 2.32. The Kier molecular flexibility index (Phi) is 5.77. The molecular formula is C20H18ClN3O4S2. The molecule has 1 amide bonds. The predicted octanol–water partition coefficient (Wildman–Crippen LogP) is 3.16. The maximum atomic E-state index is 12.2. The lowest BCUT2D eigenvalue weighted by Crippen LogP contribution is -2.45. The molecular weight excluding hydrogens is 446 g/mol. The number of imidazole rings is 1. The van der Waals surface area contributed by atoms with Gasteiger partial charge in [0.2, 0.25) is 5.91 Å². The van der Waals surface area contributed by atoms with Crippen LogP contribution in [0.3, 0.4) is 0 Å². The van der Waals surface area contributed by atoms with Crippen molar-refractivity contribution in [1.82, 2.24) is 9.55 Å². The van der Waals surface area contributed by atoms with Crippen LogP contribution in [0.2, 0.25) is 4.34 Å². The van der Waals surface area contributed by atoms with Crippen LogP contribution in [0.25, 0.3) is 5.69 Å². The van der Waals surface area contributed by atoms with Gasteiger partial charge >= 0.3 is 0 Å². The van der Waals surface area contributed by atoms with Crippen molar-refractivity contribution >= 4 is 50.2 Å². The van der Waals surface area contributed by atoms with Gasteiger partial charge in [-0.3, -0.25) is 9.59 Å². The van der Waals surface area contributed by atoms with Crippen LogP contribution in [-0.2, 0) is 21.1 Å². The van der Waals surface area contributed by atoms with Gasteiger partial charge in [0.25, 0.3) is 0 Å². The number of Topliss-reactive ketones (excluding diaryl/α,β-unsaturated/α-hetero) is 1. The van der Waals surface area contributed by atoms with Crippen LogP contribution in [0, 0.1) is 0 Å². The van der Waals surface area contributed by atoms with Crippen LogP contribution < -0.4 is 4.90 Å². The van der Waals surface area contributed by atoms with Gasteiger partial charge in [-0.1, -0.05) is 11.6 Å². The summed E-state index contributed by atoms with van der Waals surface area (Å²) in [5.74, 6) is -0.840. The normalized spacial score (nSPS) is 16.0. The van der Waals surface area contributed by atoms with E-state index in [2.05, 4.69) is 4.98 Å². The number of rotatable bonds is 6. The van der Waals surface area contributed by atoms with Crippen LogP contribution in [-0.4, -0.2) is 47.7 Å². The van der Waals surface area contributed by atoms with E-state index in [1.807, 2.05) is 22.9 Å². The highest BCUT2D eigenvalue weighted by Crippen LogP contribution is 2.23. The minimum atomic E-state index is -3.28. The highest BCUT2D eigenvalue weighted by molar-refractivity contribution is 7.92. The zero-order valence-electron chi connectivity index (χ0n) is 15.8. The lowest BCUT2D eigenvalue weighted by atomic mass is 10.1. The van der Waals surface area contributed by atoms with Crippen molar-refractivity contribution < 1.29 is 18.0 Å². The molecule has 0 radical (unpaired) electrons. The van der Waals surface area contributed by atoms with Crippen molar-refractivity contribution in [2.75, 3.05) is 23.0 Å². The lowest BCUT2D eigenvalue weighted by molar-refractivity contribution is -0.116. The Balaban J connectivity index is 1.40. The van der Waals surface area contributed by atoms with Crippen LogP contribution in [0.1, 0.15) is 21.8 Å². The van der Waals surface area contributed by atoms with E-state index < -0.39 is 21.5 Å². The molecule has 4 rings (SSSR count). The fraction of sp³-hybridized carbons (Fsp3) is 0.250. The number of thiophene rings is 1. The SMILES string of the molecule is O=C(CCc1cn(-c2ccc(N3CCS(=O)(=O)CC3=O)cc2)cn1)c1ccc(Cl)s1. The second-order valence-corrected chi connectivity index (χ2v) is 10.9. The van der Waals surface area contributed by atoms with Gasteiger partial charge in [0.05, 0.1) is 27.0 Å². The van der Waals surface area contributed by atoms with Crippen LogP contribution >= 0.6 is 22.9 Å². The number of hydrogen-bond donors (Lipinski definition) is 0. The highest BCUT2D eigenvalue weighted by atomic mass is 35.5. The molecule has 1 aromatic carbocycles. The molecule has 3 heterocycles. The summed E-state index contributed by atoms with van der Waals surface area (Å²) >= 11 is 7.15. The number of aryl methyl sites for hydroxylation is 1. The summed E-state index contributed by atoms with van der Waals surface area (Å²) in [6, 6.07) is 10.7. The predicted molar refractivity (Wildman–Crippen MR) is 117 cm³/mol. The topological polar surface area (TPSA) is 89.3 Å². The molecule has 156 valence electrons. The number of amides is 1.